The van der Waals surface area contributed by atoms with E-state index >= 15 is 0 Å². The van der Waals surface area contributed by atoms with Crippen molar-refractivity contribution >= 4 is 0 Å². The third-order valence-corrected chi connectivity index (χ3v) is 2.43. The van der Waals surface area contributed by atoms with E-state index in [4.69, 9.17) is 0 Å². The maximum atomic E-state index is 13.3. The molecule has 0 aromatic heterocycles. The summed E-state index contributed by atoms with van der Waals surface area (Å²) < 4.78 is 26.1. The Morgan fingerprint density at radius 1 is 1.18 bits per heavy atom. The van der Waals surface area contributed by atoms with E-state index in [1.54, 1.807) is 6.07 Å². The third-order valence-electron chi connectivity index (χ3n) is 2.43. The Morgan fingerprint density at radius 2 is 1.94 bits per heavy atom. The molecule has 1 aromatic carbocycles. The van der Waals surface area contributed by atoms with Crippen LogP contribution < -0.4 is 10.6 Å². The zero-order chi connectivity index (χ0) is 12.7. The maximum Gasteiger partial charge on any atom is 0.163 e. The third kappa shape index (κ3) is 5.24. The molecular weight excluding hydrogens is 222 g/mol. The first-order valence-corrected chi connectivity index (χ1v) is 5.98. The Labute approximate surface area is 101 Å². The van der Waals surface area contributed by atoms with Crippen molar-refractivity contribution in [2.24, 2.45) is 0 Å². The number of benzene rings is 1. The molecular formula is C13H20F2N2. The Balaban J connectivity index is 2.20. The van der Waals surface area contributed by atoms with Gasteiger partial charge in [-0.3, -0.25) is 0 Å². The zero-order valence-corrected chi connectivity index (χ0v) is 10.4. The van der Waals surface area contributed by atoms with Gasteiger partial charge >= 0.3 is 0 Å². The molecule has 0 atom stereocenters. The van der Waals surface area contributed by atoms with Gasteiger partial charge in [-0.15, -0.1) is 0 Å². The molecule has 0 aliphatic heterocycles. The number of nitrogens with one attached hydrogen (secondary N) is 2. The summed E-state index contributed by atoms with van der Waals surface area (Å²) in [5, 5.41) is 6.39. The molecule has 1 rings (SSSR count). The molecule has 0 unspecified atom stereocenters. The SMILES string of the molecule is CC(C)NCCCNCc1cccc(F)c1F. The molecule has 0 spiro atoms. The van der Waals surface area contributed by atoms with Gasteiger partial charge in [0.2, 0.25) is 0 Å². The normalized spacial score (nSPS) is 11.1. The van der Waals surface area contributed by atoms with Crippen LogP contribution in [0.2, 0.25) is 0 Å². The zero-order valence-electron chi connectivity index (χ0n) is 10.4. The Bertz CT molecular complexity index is 340. The van der Waals surface area contributed by atoms with Crippen molar-refractivity contribution in [1.29, 1.82) is 0 Å². The molecule has 2 nitrogen and oxygen atoms in total. The molecule has 0 saturated carbocycles. The van der Waals surface area contributed by atoms with Crippen LogP contribution in [-0.4, -0.2) is 19.1 Å². The fraction of sp³-hybridized carbons (Fsp3) is 0.538. The van der Waals surface area contributed by atoms with Gasteiger partial charge in [0.05, 0.1) is 0 Å². The van der Waals surface area contributed by atoms with E-state index in [0.717, 1.165) is 25.6 Å². The summed E-state index contributed by atoms with van der Waals surface area (Å²) in [5.41, 5.74) is 0.377. The fourth-order valence-corrected chi connectivity index (χ4v) is 1.51. The van der Waals surface area contributed by atoms with Crippen molar-refractivity contribution in [3.05, 3.63) is 35.4 Å². The standard InChI is InChI=1S/C13H20F2N2/c1-10(2)17-8-4-7-16-9-11-5-3-6-12(14)13(11)15/h3,5-6,10,16-17H,4,7-9H2,1-2H3. The lowest BCUT2D eigenvalue weighted by molar-refractivity contribution is 0.490. The topological polar surface area (TPSA) is 24.1 Å². The number of rotatable bonds is 7. The molecule has 0 saturated heterocycles. The lowest BCUT2D eigenvalue weighted by atomic mass is 10.2. The van der Waals surface area contributed by atoms with E-state index in [1.807, 2.05) is 0 Å². The largest absolute Gasteiger partial charge is 0.314 e. The van der Waals surface area contributed by atoms with E-state index in [9.17, 15) is 8.78 Å². The van der Waals surface area contributed by atoms with Gasteiger partial charge in [0, 0.05) is 18.2 Å². The van der Waals surface area contributed by atoms with Crippen LogP contribution in [0, 0.1) is 11.6 Å². The van der Waals surface area contributed by atoms with Crippen LogP contribution in [0.4, 0.5) is 8.78 Å². The number of hydrogen-bond acceptors (Lipinski definition) is 2. The van der Waals surface area contributed by atoms with Crippen LogP contribution in [0.3, 0.4) is 0 Å². The van der Waals surface area contributed by atoms with Crippen molar-refractivity contribution in [3.63, 3.8) is 0 Å². The van der Waals surface area contributed by atoms with Gasteiger partial charge < -0.3 is 10.6 Å². The lowest BCUT2D eigenvalue weighted by Crippen LogP contribution is -2.26. The molecule has 0 aliphatic carbocycles. The van der Waals surface area contributed by atoms with Crippen molar-refractivity contribution in [2.45, 2.75) is 32.9 Å². The number of halogens is 2. The summed E-state index contributed by atoms with van der Waals surface area (Å²) in [5.74, 6) is -1.54. The molecule has 4 heteroatoms. The quantitative estimate of drug-likeness (QED) is 0.718. The molecule has 0 heterocycles. The van der Waals surface area contributed by atoms with E-state index < -0.39 is 11.6 Å². The lowest BCUT2D eigenvalue weighted by Gasteiger charge is -2.09. The molecule has 1 aromatic rings. The van der Waals surface area contributed by atoms with Crippen LogP contribution >= 0.6 is 0 Å². The maximum absolute atomic E-state index is 13.3. The highest BCUT2D eigenvalue weighted by Gasteiger charge is 2.06. The Hall–Kier alpha value is -1.00. The van der Waals surface area contributed by atoms with Gasteiger partial charge in [-0.25, -0.2) is 8.78 Å². The molecule has 0 aliphatic rings. The minimum atomic E-state index is -0.786. The smallest absolute Gasteiger partial charge is 0.163 e. The average Bonchev–Trinajstić information content (AvgIpc) is 2.28. The van der Waals surface area contributed by atoms with Crippen molar-refractivity contribution in [3.8, 4) is 0 Å². The summed E-state index contributed by atoms with van der Waals surface area (Å²) in [7, 11) is 0. The molecule has 2 N–H and O–H groups in total. The predicted molar refractivity (Wildman–Crippen MR) is 65.8 cm³/mol. The summed E-state index contributed by atoms with van der Waals surface area (Å²) in [6.07, 6.45) is 0.967. The minimum Gasteiger partial charge on any atom is -0.314 e. The second kappa shape index (κ2) is 7.35. The first kappa shape index (κ1) is 14.1. The monoisotopic (exact) mass is 242 g/mol. The van der Waals surface area contributed by atoms with E-state index in [1.165, 1.54) is 6.07 Å². The summed E-state index contributed by atoms with van der Waals surface area (Å²) in [6, 6.07) is 4.73. The van der Waals surface area contributed by atoms with Gasteiger partial charge in [-0.2, -0.15) is 0 Å². The highest BCUT2D eigenvalue weighted by molar-refractivity contribution is 5.18. The summed E-state index contributed by atoms with van der Waals surface area (Å²) in [6.45, 7) is 6.27. The van der Waals surface area contributed by atoms with Crippen LogP contribution in [0.15, 0.2) is 18.2 Å². The van der Waals surface area contributed by atoms with Crippen LogP contribution in [-0.2, 0) is 6.54 Å². The fourth-order valence-electron chi connectivity index (χ4n) is 1.51. The van der Waals surface area contributed by atoms with E-state index in [-0.39, 0.29) is 0 Å². The average molecular weight is 242 g/mol. The van der Waals surface area contributed by atoms with Crippen LogP contribution in [0.5, 0.6) is 0 Å². The van der Waals surface area contributed by atoms with Gasteiger partial charge in [0.1, 0.15) is 0 Å². The van der Waals surface area contributed by atoms with Gasteiger partial charge in [-0.1, -0.05) is 26.0 Å². The predicted octanol–water partition coefficient (Wildman–Crippen LogP) is 2.44. The van der Waals surface area contributed by atoms with Crippen molar-refractivity contribution in [1.82, 2.24) is 10.6 Å². The minimum absolute atomic E-state index is 0.366. The summed E-state index contributed by atoms with van der Waals surface area (Å²) in [4.78, 5) is 0. The summed E-state index contributed by atoms with van der Waals surface area (Å²) >= 11 is 0. The highest BCUT2D eigenvalue weighted by atomic mass is 19.2. The van der Waals surface area contributed by atoms with Crippen LogP contribution in [0.1, 0.15) is 25.8 Å². The molecule has 0 amide bonds. The van der Waals surface area contributed by atoms with Gasteiger partial charge in [0.25, 0.3) is 0 Å². The Morgan fingerprint density at radius 3 is 2.65 bits per heavy atom. The first-order chi connectivity index (χ1) is 8.11. The van der Waals surface area contributed by atoms with E-state index in [0.29, 0.717) is 18.2 Å². The van der Waals surface area contributed by atoms with Crippen molar-refractivity contribution < 1.29 is 8.78 Å². The Kier molecular flexibility index (Phi) is 6.08. The second-order valence-electron chi connectivity index (χ2n) is 4.35. The van der Waals surface area contributed by atoms with Gasteiger partial charge in [-0.05, 0) is 25.6 Å². The highest BCUT2D eigenvalue weighted by Crippen LogP contribution is 2.10. The molecule has 0 bridgehead atoms. The molecule has 0 radical (unpaired) electrons. The van der Waals surface area contributed by atoms with Crippen molar-refractivity contribution in [2.75, 3.05) is 13.1 Å². The second-order valence-corrected chi connectivity index (χ2v) is 4.35. The number of hydrogen-bond donors (Lipinski definition) is 2. The van der Waals surface area contributed by atoms with Gasteiger partial charge in [0.15, 0.2) is 11.6 Å². The van der Waals surface area contributed by atoms with Crippen LogP contribution in [0.25, 0.3) is 0 Å². The first-order valence-electron chi connectivity index (χ1n) is 5.98. The molecule has 96 valence electrons. The molecule has 0 fully saturated rings. The van der Waals surface area contributed by atoms with E-state index in [2.05, 4.69) is 24.5 Å². The molecule has 17 heavy (non-hydrogen) atoms.